The summed E-state index contributed by atoms with van der Waals surface area (Å²) in [5, 5.41) is 8.75. The third-order valence-corrected chi connectivity index (χ3v) is 7.19. The quantitative estimate of drug-likeness (QED) is 0.162. The average Bonchev–Trinajstić information content (AvgIpc) is 2.63. The molecule has 2 unspecified atom stereocenters. The molecule has 170 valence electrons. The molecule has 0 aromatic carbocycles. The van der Waals surface area contributed by atoms with Crippen molar-refractivity contribution >= 4 is 10.1 Å². The molecule has 0 radical (unpaired) electrons. The summed E-state index contributed by atoms with van der Waals surface area (Å²) in [5.74, 6) is 0. The summed E-state index contributed by atoms with van der Waals surface area (Å²) in [6, 6.07) is 0. The number of unbranched alkanes of at least 4 members (excludes halogenated alkanes) is 16. The van der Waals surface area contributed by atoms with E-state index in [9.17, 15) is 18.1 Å². The first-order valence-corrected chi connectivity index (χ1v) is 13.5. The van der Waals surface area contributed by atoms with Gasteiger partial charge in [0.05, 0.1) is 11.4 Å². The number of aliphatic hydroxyl groups is 1. The molecule has 1 N–H and O–H groups in total. The molecule has 0 aromatic rings. The Kier molecular flexibility index (Phi) is 25.6. The molecule has 0 saturated heterocycles. The molecular formula is C23H47KO4S. The average molecular weight is 459 g/mol. The van der Waals surface area contributed by atoms with Crippen LogP contribution in [0.1, 0.15) is 136 Å². The van der Waals surface area contributed by atoms with Crippen molar-refractivity contribution in [1.82, 2.24) is 0 Å². The molecule has 0 bridgehead atoms. The standard InChI is InChI=1S/C23H48O4S.K/c1-3-5-6-7-8-9-10-11-12-13-14-15-16-17-18-19-20-21-22(24)23(4-2)28(25,26)27;/h22-24H,3-21H2,1-2H3,(H,25,26,27);/q;+1/p-1. The molecule has 0 amide bonds. The van der Waals surface area contributed by atoms with Gasteiger partial charge in [0.25, 0.3) is 0 Å². The van der Waals surface area contributed by atoms with Crippen LogP contribution in [0.2, 0.25) is 0 Å². The smallest absolute Gasteiger partial charge is 0.748 e. The summed E-state index contributed by atoms with van der Waals surface area (Å²) in [4.78, 5) is 0. The molecule has 0 fully saturated rings. The molecule has 4 nitrogen and oxygen atoms in total. The van der Waals surface area contributed by atoms with Crippen LogP contribution in [-0.2, 0) is 10.1 Å². The molecule has 0 heterocycles. The van der Waals surface area contributed by atoms with Crippen molar-refractivity contribution in [2.45, 2.75) is 147 Å². The van der Waals surface area contributed by atoms with Gasteiger partial charge in [-0.15, -0.1) is 0 Å². The predicted molar refractivity (Wildman–Crippen MR) is 119 cm³/mol. The van der Waals surface area contributed by atoms with Gasteiger partial charge in [0.1, 0.15) is 10.1 Å². The van der Waals surface area contributed by atoms with Gasteiger partial charge in [-0.3, -0.25) is 0 Å². The van der Waals surface area contributed by atoms with Gasteiger partial charge < -0.3 is 9.66 Å². The van der Waals surface area contributed by atoms with Gasteiger partial charge in [0.2, 0.25) is 0 Å². The molecule has 0 aliphatic rings. The van der Waals surface area contributed by atoms with Crippen LogP contribution in [0.25, 0.3) is 0 Å². The summed E-state index contributed by atoms with van der Waals surface area (Å²) in [6.45, 7) is 3.90. The Hall–Kier alpha value is 1.51. The maximum absolute atomic E-state index is 11.1. The van der Waals surface area contributed by atoms with Crippen LogP contribution in [0, 0.1) is 0 Å². The maximum atomic E-state index is 11.1. The molecule has 0 aromatic heterocycles. The van der Waals surface area contributed by atoms with Crippen LogP contribution in [0.3, 0.4) is 0 Å². The number of hydrogen-bond donors (Lipinski definition) is 1. The molecule has 0 rings (SSSR count). The second-order valence-electron chi connectivity index (χ2n) is 8.45. The van der Waals surface area contributed by atoms with Crippen molar-refractivity contribution in [3.63, 3.8) is 0 Å². The topological polar surface area (TPSA) is 77.4 Å². The van der Waals surface area contributed by atoms with E-state index >= 15 is 0 Å². The summed E-state index contributed by atoms with van der Waals surface area (Å²) in [7, 11) is -4.39. The van der Waals surface area contributed by atoms with E-state index in [1.807, 2.05) is 0 Å². The van der Waals surface area contributed by atoms with Crippen molar-refractivity contribution in [2.75, 3.05) is 0 Å². The summed E-state index contributed by atoms with van der Waals surface area (Å²) >= 11 is 0. The van der Waals surface area contributed by atoms with Gasteiger partial charge in [-0.1, -0.05) is 123 Å². The predicted octanol–water partition coefficient (Wildman–Crippen LogP) is 3.72. The second-order valence-corrected chi connectivity index (χ2v) is 10.0. The Morgan fingerprint density at radius 2 is 0.966 bits per heavy atom. The van der Waals surface area contributed by atoms with Crippen molar-refractivity contribution in [3.05, 3.63) is 0 Å². The minimum Gasteiger partial charge on any atom is -0.748 e. The fourth-order valence-corrected chi connectivity index (χ4v) is 4.86. The Morgan fingerprint density at radius 3 is 1.24 bits per heavy atom. The third-order valence-electron chi connectivity index (χ3n) is 5.81. The Morgan fingerprint density at radius 1 is 0.655 bits per heavy atom. The minimum absolute atomic E-state index is 0. The van der Waals surface area contributed by atoms with Crippen molar-refractivity contribution < 1.29 is 69.5 Å². The number of hydrogen-bond acceptors (Lipinski definition) is 4. The monoisotopic (exact) mass is 458 g/mol. The molecular weight excluding hydrogens is 411 g/mol. The van der Waals surface area contributed by atoms with E-state index in [0.29, 0.717) is 6.42 Å². The van der Waals surface area contributed by atoms with E-state index < -0.39 is 21.5 Å². The molecule has 2 atom stereocenters. The summed E-state index contributed by atoms with van der Waals surface area (Å²) < 4.78 is 33.2. The molecule has 0 aliphatic carbocycles. The van der Waals surface area contributed by atoms with Gasteiger partial charge in [-0.25, -0.2) is 8.42 Å². The summed E-state index contributed by atoms with van der Waals surface area (Å²) in [6.07, 6.45) is 21.6. The number of aliphatic hydroxyl groups excluding tert-OH is 1. The molecule has 0 saturated carbocycles. The van der Waals surface area contributed by atoms with Crippen LogP contribution in [0.5, 0.6) is 0 Å². The fraction of sp³-hybridized carbons (Fsp3) is 1.00. The first-order valence-electron chi connectivity index (χ1n) is 12.1. The zero-order valence-corrected chi connectivity index (χ0v) is 23.6. The summed E-state index contributed by atoms with van der Waals surface area (Å²) in [5.41, 5.74) is 0. The van der Waals surface area contributed by atoms with Crippen molar-refractivity contribution in [1.29, 1.82) is 0 Å². The third kappa shape index (κ3) is 21.1. The van der Waals surface area contributed by atoms with E-state index in [1.54, 1.807) is 6.92 Å². The first-order chi connectivity index (χ1) is 13.4. The van der Waals surface area contributed by atoms with Gasteiger partial charge in [0, 0.05) is 0 Å². The number of rotatable bonds is 21. The van der Waals surface area contributed by atoms with Crippen LogP contribution in [0.4, 0.5) is 0 Å². The van der Waals surface area contributed by atoms with Crippen LogP contribution in [0.15, 0.2) is 0 Å². The van der Waals surface area contributed by atoms with Crippen LogP contribution in [-0.4, -0.2) is 29.4 Å². The van der Waals surface area contributed by atoms with E-state index in [2.05, 4.69) is 6.92 Å². The van der Waals surface area contributed by atoms with E-state index in [0.717, 1.165) is 19.3 Å². The van der Waals surface area contributed by atoms with Gasteiger partial charge in [-0.2, -0.15) is 0 Å². The maximum Gasteiger partial charge on any atom is 1.00 e. The Bertz CT molecular complexity index is 429. The van der Waals surface area contributed by atoms with Gasteiger partial charge in [-0.05, 0) is 12.8 Å². The molecule has 0 spiro atoms. The Labute approximate surface area is 224 Å². The van der Waals surface area contributed by atoms with Crippen molar-refractivity contribution in [3.8, 4) is 0 Å². The zero-order chi connectivity index (χ0) is 21.1. The van der Waals surface area contributed by atoms with Crippen LogP contribution < -0.4 is 51.4 Å². The SMILES string of the molecule is CCCCCCCCCCCCCCCCCCCC(O)C(CC)S(=O)(=O)[O-].[K+]. The van der Waals surface area contributed by atoms with Crippen LogP contribution >= 0.6 is 0 Å². The zero-order valence-electron chi connectivity index (χ0n) is 19.7. The molecule has 6 heteroatoms. The van der Waals surface area contributed by atoms with Gasteiger partial charge >= 0.3 is 51.4 Å². The largest absolute Gasteiger partial charge is 1.00 e. The fourth-order valence-electron chi connectivity index (χ4n) is 3.93. The van der Waals surface area contributed by atoms with E-state index in [4.69, 9.17) is 0 Å². The van der Waals surface area contributed by atoms with E-state index in [-0.39, 0.29) is 57.8 Å². The van der Waals surface area contributed by atoms with Crippen molar-refractivity contribution in [2.24, 2.45) is 0 Å². The minimum atomic E-state index is -4.39. The normalized spacial score (nSPS) is 13.8. The Balaban J connectivity index is 0. The van der Waals surface area contributed by atoms with E-state index in [1.165, 1.54) is 89.9 Å². The second kappa shape index (κ2) is 22.7. The molecule has 29 heavy (non-hydrogen) atoms. The van der Waals surface area contributed by atoms with Gasteiger partial charge in [0.15, 0.2) is 0 Å². The molecule has 0 aliphatic heterocycles. The first kappa shape index (κ1) is 32.7.